The van der Waals surface area contributed by atoms with Gasteiger partial charge in [-0.2, -0.15) is 0 Å². The van der Waals surface area contributed by atoms with Gasteiger partial charge in [0.15, 0.2) is 0 Å². The molecule has 0 fully saturated rings. The Morgan fingerprint density at radius 1 is 1.24 bits per heavy atom. The summed E-state index contributed by atoms with van der Waals surface area (Å²) >= 11 is 6.21. The van der Waals surface area contributed by atoms with E-state index in [1.165, 1.54) is 0 Å². The van der Waals surface area contributed by atoms with Crippen molar-refractivity contribution in [2.45, 2.75) is 13.5 Å². The Labute approximate surface area is 128 Å². The highest BCUT2D eigenvalue weighted by molar-refractivity contribution is 6.32. The first-order valence-electron chi connectivity index (χ1n) is 6.67. The minimum Gasteiger partial charge on any atom is -0.455 e. The molecule has 0 spiro atoms. The molecule has 0 bridgehead atoms. The van der Waals surface area contributed by atoms with Crippen LogP contribution in [-0.2, 0) is 6.54 Å². The van der Waals surface area contributed by atoms with Gasteiger partial charge >= 0.3 is 0 Å². The Bertz CT molecular complexity index is 627. The van der Waals surface area contributed by atoms with Gasteiger partial charge in [0.2, 0.25) is 5.91 Å². The fourth-order valence-corrected chi connectivity index (χ4v) is 2.10. The third kappa shape index (κ3) is 3.97. The van der Waals surface area contributed by atoms with Crippen LogP contribution < -0.4 is 15.8 Å². The number of rotatable bonds is 6. The topological polar surface area (TPSA) is 64.3 Å². The molecule has 110 valence electrons. The largest absolute Gasteiger partial charge is 0.455 e. The predicted molar refractivity (Wildman–Crippen MR) is 83.9 cm³/mol. The van der Waals surface area contributed by atoms with Crippen LogP contribution in [0.15, 0.2) is 42.5 Å². The molecule has 21 heavy (non-hydrogen) atoms. The van der Waals surface area contributed by atoms with Gasteiger partial charge < -0.3 is 15.8 Å². The van der Waals surface area contributed by atoms with Gasteiger partial charge in [0.25, 0.3) is 0 Å². The number of hydrogen-bond acceptors (Lipinski definition) is 3. The lowest BCUT2D eigenvalue weighted by Crippen LogP contribution is -2.12. The van der Waals surface area contributed by atoms with Gasteiger partial charge in [0.05, 0.1) is 5.02 Å². The molecule has 0 saturated heterocycles. The Hall–Kier alpha value is -2.04. The van der Waals surface area contributed by atoms with E-state index in [-0.39, 0.29) is 0 Å². The van der Waals surface area contributed by atoms with Crippen molar-refractivity contribution in [3.05, 3.63) is 58.6 Å². The van der Waals surface area contributed by atoms with Crippen LogP contribution in [0.2, 0.25) is 5.02 Å². The van der Waals surface area contributed by atoms with Crippen LogP contribution in [0.1, 0.15) is 22.8 Å². The van der Waals surface area contributed by atoms with E-state index in [9.17, 15) is 4.79 Å². The average Bonchev–Trinajstić information content (AvgIpc) is 2.48. The highest BCUT2D eigenvalue weighted by Gasteiger charge is 2.10. The van der Waals surface area contributed by atoms with E-state index in [1.54, 1.807) is 30.3 Å². The van der Waals surface area contributed by atoms with Gasteiger partial charge in [-0.05, 0) is 36.9 Å². The normalized spacial score (nSPS) is 10.4. The second-order valence-corrected chi connectivity index (χ2v) is 4.91. The smallest absolute Gasteiger partial charge is 0.248 e. The van der Waals surface area contributed by atoms with Crippen molar-refractivity contribution in [1.29, 1.82) is 0 Å². The van der Waals surface area contributed by atoms with Crippen molar-refractivity contribution < 1.29 is 9.53 Å². The number of benzene rings is 2. The summed E-state index contributed by atoms with van der Waals surface area (Å²) in [4.78, 5) is 11.0. The van der Waals surface area contributed by atoms with Crippen LogP contribution >= 0.6 is 11.6 Å². The Kier molecular flexibility index (Phi) is 5.20. The molecule has 0 aliphatic carbocycles. The average molecular weight is 305 g/mol. The summed E-state index contributed by atoms with van der Waals surface area (Å²) < 4.78 is 5.85. The molecule has 1 amide bonds. The molecule has 0 heterocycles. The summed E-state index contributed by atoms with van der Waals surface area (Å²) in [6.45, 7) is 3.57. The maximum absolute atomic E-state index is 11.0. The molecule has 4 nitrogen and oxygen atoms in total. The van der Waals surface area contributed by atoms with Crippen molar-refractivity contribution >= 4 is 17.5 Å². The molecule has 0 aliphatic rings. The van der Waals surface area contributed by atoms with Crippen molar-refractivity contribution in [2.24, 2.45) is 5.73 Å². The molecule has 0 aliphatic heterocycles. The van der Waals surface area contributed by atoms with Crippen LogP contribution in [0.5, 0.6) is 11.5 Å². The molecule has 0 unspecified atom stereocenters. The molecule has 0 saturated carbocycles. The number of halogens is 1. The van der Waals surface area contributed by atoms with Crippen LogP contribution in [0.25, 0.3) is 0 Å². The van der Waals surface area contributed by atoms with Gasteiger partial charge in [-0.3, -0.25) is 4.79 Å². The fraction of sp³-hybridized carbons (Fsp3) is 0.188. The summed E-state index contributed by atoms with van der Waals surface area (Å²) in [5, 5.41) is 3.79. The molecule has 0 radical (unpaired) electrons. The number of amides is 1. The molecule has 2 aromatic carbocycles. The van der Waals surface area contributed by atoms with E-state index in [2.05, 4.69) is 5.32 Å². The van der Waals surface area contributed by atoms with Crippen LogP contribution in [0.3, 0.4) is 0 Å². The third-order valence-corrected chi connectivity index (χ3v) is 3.27. The van der Waals surface area contributed by atoms with Crippen molar-refractivity contribution in [3.8, 4) is 11.5 Å². The lowest BCUT2D eigenvalue weighted by atomic mass is 10.2. The number of primary amides is 1. The number of hydrogen-bond donors (Lipinski definition) is 2. The third-order valence-electron chi connectivity index (χ3n) is 2.97. The first-order chi connectivity index (χ1) is 10.1. The predicted octanol–water partition coefficient (Wildman–Crippen LogP) is 3.34. The molecule has 2 rings (SSSR count). The van der Waals surface area contributed by atoms with E-state index in [4.69, 9.17) is 22.1 Å². The van der Waals surface area contributed by atoms with E-state index >= 15 is 0 Å². The van der Waals surface area contributed by atoms with Crippen LogP contribution in [0, 0.1) is 0 Å². The molecular weight excluding hydrogens is 288 g/mol. The van der Waals surface area contributed by atoms with Crippen LogP contribution in [0.4, 0.5) is 0 Å². The summed E-state index contributed by atoms with van der Waals surface area (Å²) in [6.07, 6.45) is 0. The minimum absolute atomic E-state index is 0.439. The second kappa shape index (κ2) is 7.11. The van der Waals surface area contributed by atoms with Crippen molar-refractivity contribution in [2.75, 3.05) is 6.54 Å². The molecule has 2 aromatic rings. The number of para-hydroxylation sites is 1. The van der Waals surface area contributed by atoms with Crippen molar-refractivity contribution in [3.63, 3.8) is 0 Å². The summed E-state index contributed by atoms with van der Waals surface area (Å²) in [6, 6.07) is 12.3. The van der Waals surface area contributed by atoms with E-state index in [0.717, 1.165) is 12.1 Å². The van der Waals surface area contributed by atoms with Gasteiger partial charge in [-0.15, -0.1) is 0 Å². The van der Waals surface area contributed by atoms with Gasteiger partial charge in [0, 0.05) is 17.7 Å². The minimum atomic E-state index is -0.466. The number of nitrogens with one attached hydrogen (secondary N) is 1. The van der Waals surface area contributed by atoms with Gasteiger partial charge in [-0.25, -0.2) is 0 Å². The number of nitrogens with two attached hydrogens (primary N) is 1. The van der Waals surface area contributed by atoms with Gasteiger partial charge in [0.1, 0.15) is 11.5 Å². The Morgan fingerprint density at radius 2 is 1.95 bits per heavy atom. The first-order valence-corrected chi connectivity index (χ1v) is 7.05. The maximum Gasteiger partial charge on any atom is 0.248 e. The molecular formula is C16H17ClN2O2. The quantitative estimate of drug-likeness (QED) is 0.860. The number of carbonyl (C=O) groups excluding carboxylic acids is 1. The second-order valence-electron chi connectivity index (χ2n) is 4.50. The zero-order chi connectivity index (χ0) is 15.2. The summed E-state index contributed by atoms with van der Waals surface area (Å²) in [5.74, 6) is 0.755. The zero-order valence-corrected chi connectivity index (χ0v) is 12.5. The van der Waals surface area contributed by atoms with Crippen molar-refractivity contribution in [1.82, 2.24) is 5.32 Å². The lowest BCUT2D eigenvalue weighted by molar-refractivity contribution is 0.100. The zero-order valence-electron chi connectivity index (χ0n) is 11.7. The molecule has 5 heteroatoms. The summed E-state index contributed by atoms with van der Waals surface area (Å²) in [7, 11) is 0. The molecule has 3 N–H and O–H groups in total. The SMILES string of the molecule is CCNCc1cccc(Cl)c1Oc1ccc(C(N)=O)cc1. The van der Waals surface area contributed by atoms with Crippen LogP contribution in [-0.4, -0.2) is 12.5 Å². The maximum atomic E-state index is 11.0. The number of carbonyl (C=O) groups is 1. The fourth-order valence-electron chi connectivity index (χ4n) is 1.87. The highest BCUT2D eigenvalue weighted by atomic mass is 35.5. The van der Waals surface area contributed by atoms with E-state index in [1.807, 2.05) is 19.1 Å². The highest BCUT2D eigenvalue weighted by Crippen LogP contribution is 2.33. The number of ether oxygens (including phenoxy) is 1. The van der Waals surface area contributed by atoms with Gasteiger partial charge in [-0.1, -0.05) is 30.7 Å². The van der Waals surface area contributed by atoms with E-state index < -0.39 is 5.91 Å². The Balaban J connectivity index is 2.23. The first kappa shape index (κ1) is 15.4. The summed E-state index contributed by atoms with van der Waals surface area (Å²) in [5.41, 5.74) is 6.62. The Morgan fingerprint density at radius 3 is 2.57 bits per heavy atom. The van der Waals surface area contributed by atoms with E-state index in [0.29, 0.717) is 28.6 Å². The lowest BCUT2D eigenvalue weighted by Gasteiger charge is -2.13. The molecule has 0 atom stereocenters. The standard InChI is InChI=1S/C16H17ClN2O2/c1-2-19-10-12-4-3-5-14(17)15(12)21-13-8-6-11(7-9-13)16(18)20/h3-9,19H,2,10H2,1H3,(H2,18,20). The molecule has 0 aromatic heterocycles. The monoisotopic (exact) mass is 304 g/mol.